The Kier molecular flexibility index (Phi) is 4.88. The van der Waals surface area contributed by atoms with E-state index < -0.39 is 0 Å². The quantitative estimate of drug-likeness (QED) is 0.849. The predicted octanol–water partition coefficient (Wildman–Crippen LogP) is 2.69. The van der Waals surface area contributed by atoms with Crippen molar-refractivity contribution in [3.05, 3.63) is 36.3 Å². The van der Waals surface area contributed by atoms with Crippen molar-refractivity contribution in [1.29, 1.82) is 0 Å². The van der Waals surface area contributed by atoms with Gasteiger partial charge < -0.3 is 9.72 Å². The monoisotopic (exact) mass is 286 g/mol. The van der Waals surface area contributed by atoms with E-state index in [-0.39, 0.29) is 0 Å². The predicted molar refractivity (Wildman–Crippen MR) is 86.4 cm³/mol. The van der Waals surface area contributed by atoms with Gasteiger partial charge in [-0.3, -0.25) is 4.90 Å². The van der Waals surface area contributed by atoms with E-state index in [4.69, 9.17) is 4.98 Å². The molecule has 0 saturated carbocycles. The Balaban J connectivity index is 1.66. The lowest BCUT2D eigenvalue weighted by molar-refractivity contribution is 0.235. The summed E-state index contributed by atoms with van der Waals surface area (Å²) in [6.45, 7) is 6.72. The Morgan fingerprint density at radius 1 is 1.43 bits per heavy atom. The Morgan fingerprint density at radius 2 is 2.38 bits per heavy atom. The summed E-state index contributed by atoms with van der Waals surface area (Å²) in [7, 11) is 0. The molecule has 3 heterocycles. The minimum Gasteiger partial charge on any atom is -0.313 e. The van der Waals surface area contributed by atoms with E-state index in [1.54, 1.807) is 0 Å². The number of unbranched alkanes of at least 4 members (excludes halogenated alkanes) is 1. The summed E-state index contributed by atoms with van der Waals surface area (Å²) in [6, 6.07) is 6.83. The SMILES string of the molecule is CCCCN(Cc1cn2ccccc2n1)CC1CCCN1. The third-order valence-electron chi connectivity index (χ3n) is 4.27. The summed E-state index contributed by atoms with van der Waals surface area (Å²) in [5.74, 6) is 0. The standard InChI is InChI=1S/C17H26N4/c1-2-3-10-20(12-15-7-6-9-18-15)13-16-14-21-11-5-4-8-17(21)19-16/h4-5,8,11,14-15,18H,2-3,6-7,9-10,12-13H2,1H3. The van der Waals surface area contributed by atoms with Crippen LogP contribution in [0.3, 0.4) is 0 Å². The molecule has 0 radical (unpaired) electrons. The number of aromatic nitrogens is 2. The third kappa shape index (κ3) is 3.83. The van der Waals surface area contributed by atoms with Gasteiger partial charge in [0.05, 0.1) is 5.69 Å². The normalized spacial score (nSPS) is 18.9. The van der Waals surface area contributed by atoms with Crippen molar-refractivity contribution in [2.45, 2.75) is 45.2 Å². The first kappa shape index (κ1) is 14.5. The molecule has 114 valence electrons. The van der Waals surface area contributed by atoms with Crippen molar-refractivity contribution < 1.29 is 0 Å². The summed E-state index contributed by atoms with van der Waals surface area (Å²) in [4.78, 5) is 7.30. The van der Waals surface area contributed by atoms with E-state index in [1.807, 2.05) is 6.07 Å². The van der Waals surface area contributed by atoms with Gasteiger partial charge >= 0.3 is 0 Å². The Hall–Kier alpha value is -1.39. The van der Waals surface area contributed by atoms with Gasteiger partial charge in [0.2, 0.25) is 0 Å². The van der Waals surface area contributed by atoms with Crippen LogP contribution in [0.1, 0.15) is 38.3 Å². The van der Waals surface area contributed by atoms with E-state index in [2.05, 4.69) is 46.1 Å². The topological polar surface area (TPSA) is 32.6 Å². The summed E-state index contributed by atoms with van der Waals surface area (Å²) < 4.78 is 2.11. The van der Waals surface area contributed by atoms with Crippen molar-refractivity contribution in [3.8, 4) is 0 Å². The fourth-order valence-corrected chi connectivity index (χ4v) is 3.13. The molecule has 1 aliphatic heterocycles. The maximum absolute atomic E-state index is 4.74. The van der Waals surface area contributed by atoms with Crippen LogP contribution in [0.4, 0.5) is 0 Å². The van der Waals surface area contributed by atoms with Crippen LogP contribution in [-0.2, 0) is 6.54 Å². The first-order chi connectivity index (χ1) is 10.3. The largest absolute Gasteiger partial charge is 0.313 e. The van der Waals surface area contributed by atoms with Gasteiger partial charge in [-0.2, -0.15) is 0 Å². The van der Waals surface area contributed by atoms with Gasteiger partial charge in [-0.25, -0.2) is 4.98 Å². The molecule has 1 N–H and O–H groups in total. The van der Waals surface area contributed by atoms with E-state index in [9.17, 15) is 0 Å². The summed E-state index contributed by atoms with van der Waals surface area (Å²) >= 11 is 0. The molecule has 0 spiro atoms. The number of pyridine rings is 1. The molecule has 0 aliphatic carbocycles. The first-order valence-electron chi connectivity index (χ1n) is 8.23. The molecule has 3 rings (SSSR count). The highest BCUT2D eigenvalue weighted by molar-refractivity contribution is 5.39. The molecular formula is C17H26N4. The van der Waals surface area contributed by atoms with Crippen LogP contribution < -0.4 is 5.32 Å². The maximum Gasteiger partial charge on any atom is 0.137 e. The Bertz CT molecular complexity index is 524. The number of rotatable bonds is 7. The third-order valence-corrected chi connectivity index (χ3v) is 4.27. The highest BCUT2D eigenvalue weighted by Gasteiger charge is 2.18. The molecule has 0 aromatic carbocycles. The average Bonchev–Trinajstić information content (AvgIpc) is 3.13. The van der Waals surface area contributed by atoms with Crippen LogP contribution in [0.2, 0.25) is 0 Å². The molecule has 1 fully saturated rings. The lowest BCUT2D eigenvalue weighted by Gasteiger charge is -2.24. The number of nitrogens with one attached hydrogen (secondary N) is 1. The van der Waals surface area contributed by atoms with Crippen LogP contribution in [0.15, 0.2) is 30.6 Å². The average molecular weight is 286 g/mol. The molecular weight excluding hydrogens is 260 g/mol. The summed E-state index contributed by atoms with van der Waals surface area (Å²) in [5.41, 5.74) is 2.22. The molecule has 4 nitrogen and oxygen atoms in total. The van der Waals surface area contributed by atoms with Gasteiger partial charge in [-0.1, -0.05) is 19.4 Å². The lowest BCUT2D eigenvalue weighted by atomic mass is 10.2. The van der Waals surface area contributed by atoms with Crippen LogP contribution >= 0.6 is 0 Å². The fourth-order valence-electron chi connectivity index (χ4n) is 3.13. The molecule has 0 amide bonds. The van der Waals surface area contributed by atoms with Crippen molar-refractivity contribution in [2.75, 3.05) is 19.6 Å². The number of hydrogen-bond acceptors (Lipinski definition) is 3. The second-order valence-electron chi connectivity index (χ2n) is 6.08. The van der Waals surface area contributed by atoms with E-state index in [0.717, 1.165) is 18.7 Å². The molecule has 1 saturated heterocycles. The number of hydrogen-bond donors (Lipinski definition) is 1. The number of fused-ring (bicyclic) bond motifs is 1. The van der Waals surface area contributed by atoms with Gasteiger partial charge in [0.25, 0.3) is 0 Å². The zero-order valence-corrected chi connectivity index (χ0v) is 13.0. The van der Waals surface area contributed by atoms with E-state index in [0.29, 0.717) is 6.04 Å². The highest BCUT2D eigenvalue weighted by Crippen LogP contribution is 2.12. The zero-order valence-electron chi connectivity index (χ0n) is 13.0. The lowest BCUT2D eigenvalue weighted by Crippen LogP contribution is -2.37. The van der Waals surface area contributed by atoms with Gasteiger partial charge in [0, 0.05) is 31.5 Å². The number of nitrogens with zero attached hydrogens (tertiary/aromatic N) is 3. The molecule has 2 aromatic heterocycles. The Labute approximate surface area is 127 Å². The fraction of sp³-hybridized carbons (Fsp3) is 0.588. The Morgan fingerprint density at radius 3 is 3.14 bits per heavy atom. The van der Waals surface area contributed by atoms with Gasteiger partial charge in [0.1, 0.15) is 5.65 Å². The molecule has 1 aliphatic rings. The maximum atomic E-state index is 4.74. The van der Waals surface area contributed by atoms with Gasteiger partial charge in [-0.15, -0.1) is 0 Å². The van der Waals surface area contributed by atoms with Crippen LogP contribution in [0.25, 0.3) is 5.65 Å². The minimum atomic E-state index is 0.666. The molecule has 2 aromatic rings. The summed E-state index contributed by atoms with van der Waals surface area (Å²) in [6.07, 6.45) is 9.38. The van der Waals surface area contributed by atoms with Crippen molar-refractivity contribution in [3.63, 3.8) is 0 Å². The molecule has 0 bridgehead atoms. The summed E-state index contributed by atoms with van der Waals surface area (Å²) in [5, 5.41) is 3.61. The zero-order chi connectivity index (χ0) is 14.5. The second kappa shape index (κ2) is 7.05. The van der Waals surface area contributed by atoms with Gasteiger partial charge in [-0.05, 0) is 44.5 Å². The minimum absolute atomic E-state index is 0.666. The van der Waals surface area contributed by atoms with Crippen molar-refractivity contribution in [2.24, 2.45) is 0 Å². The molecule has 4 heteroatoms. The van der Waals surface area contributed by atoms with Crippen LogP contribution in [0, 0.1) is 0 Å². The smallest absolute Gasteiger partial charge is 0.137 e. The molecule has 21 heavy (non-hydrogen) atoms. The van der Waals surface area contributed by atoms with Crippen molar-refractivity contribution >= 4 is 5.65 Å². The molecule has 1 unspecified atom stereocenters. The van der Waals surface area contributed by atoms with Crippen LogP contribution in [0.5, 0.6) is 0 Å². The van der Waals surface area contributed by atoms with Crippen molar-refractivity contribution in [1.82, 2.24) is 19.6 Å². The highest BCUT2D eigenvalue weighted by atomic mass is 15.2. The first-order valence-corrected chi connectivity index (χ1v) is 8.23. The van der Waals surface area contributed by atoms with E-state index >= 15 is 0 Å². The van der Waals surface area contributed by atoms with Gasteiger partial charge in [0.15, 0.2) is 0 Å². The molecule has 1 atom stereocenters. The number of imidazole rings is 1. The second-order valence-corrected chi connectivity index (χ2v) is 6.08. The van der Waals surface area contributed by atoms with E-state index in [1.165, 1.54) is 44.5 Å². The van der Waals surface area contributed by atoms with Crippen LogP contribution in [-0.4, -0.2) is 40.0 Å².